The van der Waals surface area contributed by atoms with Crippen molar-refractivity contribution in [1.29, 1.82) is 0 Å². The molecule has 2 aliphatic heterocycles. The van der Waals surface area contributed by atoms with Gasteiger partial charge in [0.05, 0.1) is 4.90 Å². The molecule has 38 heavy (non-hydrogen) atoms. The van der Waals surface area contributed by atoms with Crippen LogP contribution in [-0.2, 0) is 26.2 Å². The summed E-state index contributed by atoms with van der Waals surface area (Å²) in [5.74, 6) is -0.317. The number of nitrogens with one attached hydrogen (secondary N) is 1. The second kappa shape index (κ2) is 11.8. The number of nitrogens with zero attached hydrogens (tertiary/aromatic N) is 4. The second-order valence-electron chi connectivity index (χ2n) is 10.5. The van der Waals surface area contributed by atoms with Crippen LogP contribution in [0.25, 0.3) is 0 Å². The van der Waals surface area contributed by atoms with Crippen LogP contribution in [0.2, 0.25) is 0 Å². The van der Waals surface area contributed by atoms with Crippen molar-refractivity contribution in [1.82, 2.24) is 19.4 Å². The standard InChI is InChI=1S/C28H39N5O4S/c1-21(2)24-7-11-26(12-8-24)38(36,37)33-18-17-32(22(3)34)20-27(33)28(35)29-19-23-5-9-25(10-6-23)31-15-13-30(4)14-16-31/h5-12,21,27H,13-20H2,1-4H3,(H,29,35). The van der Waals surface area contributed by atoms with E-state index in [0.29, 0.717) is 0 Å². The van der Waals surface area contributed by atoms with Crippen LogP contribution >= 0.6 is 0 Å². The Labute approximate surface area is 226 Å². The summed E-state index contributed by atoms with van der Waals surface area (Å²) in [6, 6.07) is 13.9. The summed E-state index contributed by atoms with van der Waals surface area (Å²) in [6.45, 7) is 10.1. The van der Waals surface area contributed by atoms with Gasteiger partial charge in [0.2, 0.25) is 21.8 Å². The molecule has 2 aliphatic rings. The van der Waals surface area contributed by atoms with E-state index in [1.807, 2.05) is 38.1 Å². The van der Waals surface area contributed by atoms with Crippen LogP contribution in [0, 0.1) is 0 Å². The lowest BCUT2D eigenvalue weighted by atomic mass is 10.0. The molecule has 1 unspecified atom stereocenters. The van der Waals surface area contributed by atoms with Crippen molar-refractivity contribution in [2.75, 3.05) is 57.8 Å². The summed E-state index contributed by atoms with van der Waals surface area (Å²) < 4.78 is 28.4. The normalized spacial score (nSPS) is 19.6. The molecule has 0 saturated carbocycles. The van der Waals surface area contributed by atoms with Crippen molar-refractivity contribution in [3.63, 3.8) is 0 Å². The predicted molar refractivity (Wildman–Crippen MR) is 148 cm³/mol. The lowest BCUT2D eigenvalue weighted by Crippen LogP contribution is -2.61. The van der Waals surface area contributed by atoms with E-state index in [2.05, 4.69) is 34.3 Å². The van der Waals surface area contributed by atoms with Crippen LogP contribution in [0.4, 0.5) is 5.69 Å². The summed E-state index contributed by atoms with van der Waals surface area (Å²) in [6.07, 6.45) is 0. The fraction of sp³-hybridized carbons (Fsp3) is 0.500. The molecule has 10 heteroatoms. The van der Waals surface area contributed by atoms with E-state index < -0.39 is 22.0 Å². The maximum atomic E-state index is 13.6. The average Bonchev–Trinajstić information content (AvgIpc) is 2.92. The van der Waals surface area contributed by atoms with Crippen LogP contribution in [0.3, 0.4) is 0 Å². The Kier molecular flexibility index (Phi) is 8.74. The number of benzene rings is 2. The van der Waals surface area contributed by atoms with Gasteiger partial charge in [-0.15, -0.1) is 0 Å². The van der Waals surface area contributed by atoms with E-state index in [4.69, 9.17) is 0 Å². The van der Waals surface area contributed by atoms with E-state index in [1.165, 1.54) is 16.1 Å². The summed E-state index contributed by atoms with van der Waals surface area (Å²) in [4.78, 5) is 31.8. The average molecular weight is 542 g/mol. The number of hydrogen-bond donors (Lipinski definition) is 1. The molecule has 2 aromatic rings. The molecule has 0 spiro atoms. The minimum Gasteiger partial charge on any atom is -0.369 e. The predicted octanol–water partition coefficient (Wildman–Crippen LogP) is 2.10. The molecule has 2 amide bonds. The Hall–Kier alpha value is -2.95. The van der Waals surface area contributed by atoms with E-state index in [0.717, 1.165) is 43.0 Å². The van der Waals surface area contributed by atoms with E-state index in [1.54, 1.807) is 12.1 Å². The molecule has 0 aromatic heterocycles. The summed E-state index contributed by atoms with van der Waals surface area (Å²) in [5, 5.41) is 2.91. The first-order valence-electron chi connectivity index (χ1n) is 13.2. The number of carbonyl (C=O) groups is 2. The van der Waals surface area contributed by atoms with Gasteiger partial charge < -0.3 is 20.0 Å². The molecule has 2 saturated heterocycles. The monoisotopic (exact) mass is 541 g/mol. The highest BCUT2D eigenvalue weighted by atomic mass is 32.2. The first-order chi connectivity index (χ1) is 18.1. The molecule has 1 N–H and O–H groups in total. The Morgan fingerprint density at radius 1 is 0.921 bits per heavy atom. The third-order valence-corrected chi connectivity index (χ3v) is 9.43. The maximum Gasteiger partial charge on any atom is 0.243 e. The molecule has 206 valence electrons. The number of likely N-dealkylation sites (N-methyl/N-ethyl adjacent to an activating group) is 1. The largest absolute Gasteiger partial charge is 0.369 e. The molecule has 1 atom stereocenters. The maximum absolute atomic E-state index is 13.6. The van der Waals surface area contributed by atoms with Crippen molar-refractivity contribution < 1.29 is 18.0 Å². The quantitative estimate of drug-likeness (QED) is 0.577. The highest BCUT2D eigenvalue weighted by Crippen LogP contribution is 2.24. The lowest BCUT2D eigenvalue weighted by Gasteiger charge is -2.39. The molecule has 0 bridgehead atoms. The van der Waals surface area contributed by atoms with Gasteiger partial charge >= 0.3 is 0 Å². The van der Waals surface area contributed by atoms with E-state index in [-0.39, 0.29) is 42.9 Å². The Bertz CT molecular complexity index is 1220. The van der Waals surface area contributed by atoms with Crippen molar-refractivity contribution in [3.8, 4) is 0 Å². The molecule has 0 aliphatic carbocycles. The van der Waals surface area contributed by atoms with Crippen LogP contribution in [0.1, 0.15) is 37.8 Å². The molecule has 9 nitrogen and oxygen atoms in total. The lowest BCUT2D eigenvalue weighted by molar-refractivity contribution is -0.134. The van der Waals surface area contributed by atoms with Gasteiger partial charge in [-0.2, -0.15) is 4.31 Å². The highest BCUT2D eigenvalue weighted by Gasteiger charge is 2.40. The molecule has 4 rings (SSSR count). The number of sulfonamides is 1. The molecule has 2 heterocycles. The fourth-order valence-corrected chi connectivity index (χ4v) is 6.48. The zero-order chi connectivity index (χ0) is 27.4. The zero-order valence-corrected chi connectivity index (χ0v) is 23.6. The van der Waals surface area contributed by atoms with Crippen molar-refractivity contribution in [3.05, 3.63) is 59.7 Å². The van der Waals surface area contributed by atoms with Gasteiger partial charge in [0.25, 0.3) is 0 Å². The van der Waals surface area contributed by atoms with E-state index in [9.17, 15) is 18.0 Å². The van der Waals surface area contributed by atoms with E-state index >= 15 is 0 Å². The first-order valence-corrected chi connectivity index (χ1v) is 14.7. The van der Waals surface area contributed by atoms with Crippen LogP contribution in [0.5, 0.6) is 0 Å². The smallest absolute Gasteiger partial charge is 0.243 e. The zero-order valence-electron chi connectivity index (χ0n) is 22.8. The van der Waals surface area contributed by atoms with Crippen LogP contribution in [-0.4, -0.2) is 93.2 Å². The fourth-order valence-electron chi connectivity index (χ4n) is 4.91. The number of carbonyl (C=O) groups excluding carboxylic acids is 2. The molecule has 2 fully saturated rings. The van der Waals surface area contributed by atoms with Gasteiger partial charge in [-0.05, 0) is 48.4 Å². The molecule has 0 radical (unpaired) electrons. The van der Waals surface area contributed by atoms with Gasteiger partial charge in [-0.1, -0.05) is 38.1 Å². The Morgan fingerprint density at radius 3 is 2.13 bits per heavy atom. The third-order valence-electron chi connectivity index (χ3n) is 7.50. The summed E-state index contributed by atoms with van der Waals surface area (Å²) in [5.41, 5.74) is 3.12. The van der Waals surface area contributed by atoms with Gasteiger partial charge in [0.15, 0.2) is 0 Å². The highest BCUT2D eigenvalue weighted by molar-refractivity contribution is 7.89. The van der Waals surface area contributed by atoms with Gasteiger partial charge in [0, 0.05) is 65.0 Å². The topological polar surface area (TPSA) is 93.3 Å². The second-order valence-corrected chi connectivity index (χ2v) is 12.4. The van der Waals surface area contributed by atoms with Gasteiger partial charge in [-0.25, -0.2) is 8.42 Å². The summed E-state index contributed by atoms with van der Waals surface area (Å²) >= 11 is 0. The van der Waals surface area contributed by atoms with Crippen LogP contribution in [0.15, 0.2) is 53.4 Å². The van der Waals surface area contributed by atoms with Crippen LogP contribution < -0.4 is 10.2 Å². The minimum atomic E-state index is -3.93. The third kappa shape index (κ3) is 6.36. The SMILES string of the molecule is CC(=O)N1CCN(S(=O)(=O)c2ccc(C(C)C)cc2)C(C(=O)NCc2ccc(N3CCN(C)CC3)cc2)C1. The number of rotatable bonds is 7. The summed E-state index contributed by atoms with van der Waals surface area (Å²) in [7, 11) is -1.80. The molecular formula is C28H39N5O4S. The Morgan fingerprint density at radius 2 is 1.55 bits per heavy atom. The van der Waals surface area contributed by atoms with Gasteiger partial charge in [-0.3, -0.25) is 9.59 Å². The van der Waals surface area contributed by atoms with Crippen molar-refractivity contribution >= 4 is 27.5 Å². The van der Waals surface area contributed by atoms with Crippen molar-refractivity contribution in [2.24, 2.45) is 0 Å². The number of anilines is 1. The first kappa shape index (κ1) is 28.1. The van der Waals surface area contributed by atoms with Gasteiger partial charge in [0.1, 0.15) is 6.04 Å². The number of piperazine rings is 2. The number of hydrogen-bond acceptors (Lipinski definition) is 6. The van der Waals surface area contributed by atoms with Crippen molar-refractivity contribution in [2.45, 2.75) is 44.2 Å². The molecule has 2 aromatic carbocycles. The number of amides is 2. The Balaban J connectivity index is 1.46. The molecular weight excluding hydrogens is 502 g/mol. The minimum absolute atomic E-state index is 0.0207.